The second kappa shape index (κ2) is 6.22. The summed E-state index contributed by atoms with van der Waals surface area (Å²) in [4.78, 5) is 26.9. The average Bonchev–Trinajstić information content (AvgIpc) is 3.05. The number of amides is 2. The minimum atomic E-state index is -0.923. The molecule has 0 spiro atoms. The van der Waals surface area contributed by atoms with Crippen LogP contribution in [-0.4, -0.2) is 70.8 Å². The van der Waals surface area contributed by atoms with Gasteiger partial charge in [-0.2, -0.15) is 0 Å². The summed E-state index contributed by atoms with van der Waals surface area (Å²) in [6, 6.07) is -0.950. The number of likely N-dealkylation sites (N-methyl/N-ethyl adjacent to an activating group) is 1. The second-order valence-electron chi connectivity index (χ2n) is 5.81. The van der Waals surface area contributed by atoms with Crippen molar-refractivity contribution in [2.45, 2.75) is 37.3 Å². The minimum absolute atomic E-state index is 0.0290. The van der Waals surface area contributed by atoms with Crippen molar-refractivity contribution in [3.63, 3.8) is 0 Å². The Balaban J connectivity index is 1.93. The Hall–Kier alpha value is -0.950. The quantitative estimate of drug-likeness (QED) is 0.811. The molecule has 0 bridgehead atoms. The third-order valence-electron chi connectivity index (χ3n) is 4.48. The van der Waals surface area contributed by atoms with E-state index in [0.717, 1.165) is 12.8 Å². The third kappa shape index (κ3) is 3.03. The second-order valence-corrected chi connectivity index (χ2v) is 6.81. The van der Waals surface area contributed by atoms with Crippen LogP contribution in [0.25, 0.3) is 0 Å². The lowest BCUT2D eigenvalue weighted by molar-refractivity contribution is -0.140. The fourth-order valence-corrected chi connectivity index (χ4v) is 4.15. The van der Waals surface area contributed by atoms with Gasteiger partial charge in [0.2, 0.25) is 0 Å². The highest BCUT2D eigenvalue weighted by atomic mass is 32.2. The van der Waals surface area contributed by atoms with Crippen LogP contribution in [0.5, 0.6) is 0 Å². The molecular weight excluding hydrogens is 278 g/mol. The zero-order valence-electron chi connectivity index (χ0n) is 12.1. The third-order valence-corrected chi connectivity index (χ3v) is 5.49. The molecule has 1 heterocycles. The van der Waals surface area contributed by atoms with Gasteiger partial charge in [0.15, 0.2) is 0 Å². The Kier molecular flexibility index (Phi) is 4.80. The monoisotopic (exact) mass is 301 g/mol. The number of carbonyl (C=O) groups excluding carboxylic acids is 1. The molecule has 2 N–H and O–H groups in total. The molecule has 0 aromatic carbocycles. The van der Waals surface area contributed by atoms with E-state index in [1.54, 1.807) is 0 Å². The molecule has 2 amide bonds. The Morgan fingerprint density at radius 1 is 1.40 bits per heavy atom. The summed E-state index contributed by atoms with van der Waals surface area (Å²) in [5, 5.41) is 12.1. The summed E-state index contributed by atoms with van der Waals surface area (Å²) in [5.74, 6) is 0.00707. The van der Waals surface area contributed by atoms with Gasteiger partial charge >= 0.3 is 12.0 Å². The molecule has 1 atom stereocenters. The molecule has 0 aromatic rings. The van der Waals surface area contributed by atoms with E-state index < -0.39 is 12.0 Å². The van der Waals surface area contributed by atoms with Gasteiger partial charge in [-0.15, -0.1) is 11.8 Å². The number of nitrogens with zero attached hydrogens (tertiary/aromatic N) is 2. The van der Waals surface area contributed by atoms with E-state index in [-0.39, 0.29) is 11.6 Å². The van der Waals surface area contributed by atoms with Gasteiger partial charge in [0.25, 0.3) is 0 Å². The lowest BCUT2D eigenvalue weighted by Crippen LogP contribution is -2.54. The van der Waals surface area contributed by atoms with E-state index in [1.165, 1.54) is 29.5 Å². The van der Waals surface area contributed by atoms with Gasteiger partial charge in [-0.25, -0.2) is 9.59 Å². The first-order valence-electron chi connectivity index (χ1n) is 6.99. The SMILES string of the molecule is CN(C)C1(CNC(=O)N2CSCC2C(=O)O)CCCC1. The van der Waals surface area contributed by atoms with Crippen molar-refractivity contribution in [3.05, 3.63) is 0 Å². The molecule has 2 rings (SSSR count). The van der Waals surface area contributed by atoms with Gasteiger partial charge < -0.3 is 20.2 Å². The van der Waals surface area contributed by atoms with Gasteiger partial charge in [0.1, 0.15) is 6.04 Å². The van der Waals surface area contributed by atoms with Crippen molar-refractivity contribution < 1.29 is 14.7 Å². The van der Waals surface area contributed by atoms with Crippen molar-refractivity contribution in [1.82, 2.24) is 15.1 Å². The van der Waals surface area contributed by atoms with E-state index in [9.17, 15) is 9.59 Å². The Morgan fingerprint density at radius 3 is 2.60 bits per heavy atom. The van der Waals surface area contributed by atoms with Crippen LogP contribution in [-0.2, 0) is 4.79 Å². The van der Waals surface area contributed by atoms with Crippen LogP contribution < -0.4 is 5.32 Å². The summed E-state index contributed by atoms with van der Waals surface area (Å²) in [5.41, 5.74) is 0.0290. The van der Waals surface area contributed by atoms with Gasteiger partial charge in [0.05, 0.1) is 5.88 Å². The van der Waals surface area contributed by atoms with Crippen LogP contribution >= 0.6 is 11.8 Å². The summed E-state index contributed by atoms with van der Waals surface area (Å²) in [6.07, 6.45) is 4.53. The topological polar surface area (TPSA) is 72.9 Å². The van der Waals surface area contributed by atoms with Crippen LogP contribution in [0.15, 0.2) is 0 Å². The predicted octanol–water partition coefficient (Wildman–Crippen LogP) is 1.03. The molecule has 0 radical (unpaired) electrons. The molecule has 1 unspecified atom stereocenters. The summed E-state index contributed by atoms with van der Waals surface area (Å²) in [6.45, 7) is 0.590. The van der Waals surface area contributed by atoms with E-state index in [0.29, 0.717) is 18.2 Å². The fraction of sp³-hybridized carbons (Fsp3) is 0.846. The first-order chi connectivity index (χ1) is 9.46. The molecule has 2 fully saturated rings. The normalized spacial score (nSPS) is 25.1. The number of aliphatic carboxylic acids is 1. The number of hydrogen-bond donors (Lipinski definition) is 2. The lowest BCUT2D eigenvalue weighted by atomic mass is 9.96. The number of carboxylic acid groups (broad SMARTS) is 1. The first-order valence-corrected chi connectivity index (χ1v) is 8.14. The Labute approximate surface area is 123 Å². The van der Waals surface area contributed by atoms with Crippen molar-refractivity contribution in [3.8, 4) is 0 Å². The number of thioether (sulfide) groups is 1. The smallest absolute Gasteiger partial charge is 0.327 e. The first kappa shape index (κ1) is 15.4. The maximum absolute atomic E-state index is 12.2. The summed E-state index contributed by atoms with van der Waals surface area (Å²) < 4.78 is 0. The highest BCUT2D eigenvalue weighted by Crippen LogP contribution is 2.33. The van der Waals surface area contributed by atoms with Crippen molar-refractivity contribution in [2.24, 2.45) is 0 Å². The van der Waals surface area contributed by atoms with E-state index in [1.807, 2.05) is 14.1 Å². The molecule has 0 aromatic heterocycles. The number of carboxylic acids is 1. The van der Waals surface area contributed by atoms with Gasteiger partial charge in [0, 0.05) is 17.8 Å². The molecule has 114 valence electrons. The van der Waals surface area contributed by atoms with Crippen molar-refractivity contribution in [1.29, 1.82) is 0 Å². The average molecular weight is 301 g/mol. The molecule has 1 aliphatic heterocycles. The highest BCUT2D eigenvalue weighted by Gasteiger charge is 2.38. The van der Waals surface area contributed by atoms with Crippen molar-refractivity contribution >= 4 is 23.8 Å². The number of rotatable bonds is 4. The molecule has 1 saturated carbocycles. The van der Waals surface area contributed by atoms with Crippen LogP contribution in [0.2, 0.25) is 0 Å². The summed E-state index contributed by atoms with van der Waals surface area (Å²) >= 11 is 1.48. The zero-order chi connectivity index (χ0) is 14.8. The van der Waals surface area contributed by atoms with Gasteiger partial charge in [-0.05, 0) is 26.9 Å². The molecule has 20 heavy (non-hydrogen) atoms. The number of urea groups is 1. The Morgan fingerprint density at radius 2 is 2.05 bits per heavy atom. The van der Waals surface area contributed by atoms with Crippen LogP contribution in [0, 0.1) is 0 Å². The molecular formula is C13H23N3O3S. The molecule has 1 saturated heterocycles. The largest absolute Gasteiger partial charge is 0.480 e. The number of hydrogen-bond acceptors (Lipinski definition) is 4. The number of carbonyl (C=O) groups is 2. The van der Waals surface area contributed by atoms with Gasteiger partial charge in [-0.3, -0.25) is 0 Å². The van der Waals surface area contributed by atoms with E-state index in [2.05, 4.69) is 10.2 Å². The predicted molar refractivity (Wildman–Crippen MR) is 78.9 cm³/mol. The minimum Gasteiger partial charge on any atom is -0.480 e. The molecule has 6 nitrogen and oxygen atoms in total. The van der Waals surface area contributed by atoms with Crippen molar-refractivity contribution in [2.75, 3.05) is 32.3 Å². The summed E-state index contributed by atoms with van der Waals surface area (Å²) in [7, 11) is 4.09. The van der Waals surface area contributed by atoms with Crippen LogP contribution in [0.3, 0.4) is 0 Å². The fourth-order valence-electron chi connectivity index (χ4n) is 3.00. The van der Waals surface area contributed by atoms with Gasteiger partial charge in [-0.1, -0.05) is 12.8 Å². The Bertz CT molecular complexity index is 383. The molecule has 1 aliphatic carbocycles. The van der Waals surface area contributed by atoms with E-state index in [4.69, 9.17) is 5.11 Å². The lowest BCUT2D eigenvalue weighted by Gasteiger charge is -2.37. The highest BCUT2D eigenvalue weighted by molar-refractivity contribution is 7.99. The molecule has 7 heteroatoms. The molecule has 2 aliphatic rings. The zero-order valence-corrected chi connectivity index (χ0v) is 12.9. The standard InChI is InChI=1S/C13H23N3O3S/c1-15(2)13(5-3-4-6-13)8-14-12(19)16-9-20-7-10(16)11(17)18/h10H,3-9H2,1-2H3,(H,14,19)(H,17,18). The van der Waals surface area contributed by atoms with Crippen LogP contribution in [0.4, 0.5) is 4.79 Å². The maximum atomic E-state index is 12.2. The van der Waals surface area contributed by atoms with Crippen LogP contribution in [0.1, 0.15) is 25.7 Å². The number of nitrogens with one attached hydrogen (secondary N) is 1. The van der Waals surface area contributed by atoms with E-state index >= 15 is 0 Å². The maximum Gasteiger partial charge on any atom is 0.327 e.